The summed E-state index contributed by atoms with van der Waals surface area (Å²) < 4.78 is 0. The minimum atomic E-state index is -1.27. The van der Waals surface area contributed by atoms with Gasteiger partial charge in [0.05, 0.1) is 21.5 Å². The summed E-state index contributed by atoms with van der Waals surface area (Å²) in [4.78, 5) is 43.4. The number of hydrogen-bond acceptors (Lipinski definition) is 6. The van der Waals surface area contributed by atoms with Crippen LogP contribution in [-0.4, -0.2) is 44.8 Å². The van der Waals surface area contributed by atoms with Gasteiger partial charge in [0.2, 0.25) is 0 Å². The van der Waals surface area contributed by atoms with Crippen molar-refractivity contribution >= 4 is 23.3 Å². The first-order chi connectivity index (χ1) is 9.65. The summed E-state index contributed by atoms with van der Waals surface area (Å²) in [7, 11) is 1.19. The summed E-state index contributed by atoms with van der Waals surface area (Å²) in [5, 5.41) is 30.3. The van der Waals surface area contributed by atoms with E-state index in [0.717, 1.165) is 23.1 Å². The normalized spacial score (nSPS) is 11.5. The molecule has 1 atom stereocenters. The van der Waals surface area contributed by atoms with Crippen LogP contribution in [0.25, 0.3) is 0 Å². The maximum Gasteiger partial charge on any atom is 0.326 e. The Morgan fingerprint density at radius 2 is 1.57 bits per heavy atom. The minimum Gasteiger partial charge on any atom is -0.480 e. The number of nitro groups is 2. The van der Waals surface area contributed by atoms with E-state index in [-0.39, 0.29) is 5.56 Å². The fraction of sp³-hybridized carbons (Fsp3) is 0.273. The highest BCUT2D eigenvalue weighted by molar-refractivity contribution is 5.97. The molecule has 1 aromatic rings. The van der Waals surface area contributed by atoms with Gasteiger partial charge in [-0.25, -0.2) is 4.79 Å². The van der Waals surface area contributed by atoms with Crippen molar-refractivity contribution in [2.45, 2.75) is 13.0 Å². The number of nitro benzene ring substituents is 2. The van der Waals surface area contributed by atoms with E-state index in [0.29, 0.717) is 0 Å². The molecule has 0 aromatic heterocycles. The van der Waals surface area contributed by atoms with Gasteiger partial charge < -0.3 is 10.0 Å². The van der Waals surface area contributed by atoms with Crippen LogP contribution in [0.2, 0.25) is 0 Å². The number of nitrogens with zero attached hydrogens (tertiary/aromatic N) is 3. The van der Waals surface area contributed by atoms with Gasteiger partial charge in [0, 0.05) is 19.2 Å². The first kappa shape index (κ1) is 16.0. The molecule has 0 bridgehead atoms. The van der Waals surface area contributed by atoms with E-state index in [2.05, 4.69) is 0 Å². The van der Waals surface area contributed by atoms with E-state index in [9.17, 15) is 29.8 Å². The van der Waals surface area contributed by atoms with Gasteiger partial charge in [0.15, 0.2) is 0 Å². The molecule has 21 heavy (non-hydrogen) atoms. The molecule has 0 radical (unpaired) electrons. The summed E-state index contributed by atoms with van der Waals surface area (Å²) in [6, 6.07) is 1.26. The standard InChI is InChI=1S/C11H11N3O7/c1-6(11(16)17)12(2)10(15)7-3-8(13(18)19)5-9(4-7)14(20)21/h3-6H,1-2H3,(H,16,17)/t6-/m0/s1. The molecule has 0 unspecified atom stereocenters. The summed E-state index contributed by atoms with van der Waals surface area (Å²) in [6.45, 7) is 1.24. The lowest BCUT2D eigenvalue weighted by Crippen LogP contribution is -2.40. The molecule has 0 saturated carbocycles. The van der Waals surface area contributed by atoms with E-state index >= 15 is 0 Å². The topological polar surface area (TPSA) is 144 Å². The number of non-ortho nitro benzene ring substituents is 2. The highest BCUT2D eigenvalue weighted by atomic mass is 16.6. The third-order valence-corrected chi connectivity index (χ3v) is 2.83. The summed E-state index contributed by atoms with van der Waals surface area (Å²) in [5.74, 6) is -2.14. The average Bonchev–Trinajstić information content (AvgIpc) is 2.43. The van der Waals surface area contributed by atoms with Gasteiger partial charge in [-0.15, -0.1) is 0 Å². The van der Waals surface area contributed by atoms with Gasteiger partial charge in [0.25, 0.3) is 17.3 Å². The van der Waals surface area contributed by atoms with Gasteiger partial charge in [-0.1, -0.05) is 0 Å². The zero-order valence-electron chi connectivity index (χ0n) is 11.0. The van der Waals surface area contributed by atoms with Crippen molar-refractivity contribution in [1.82, 2.24) is 4.90 Å². The second-order valence-corrected chi connectivity index (χ2v) is 4.18. The van der Waals surface area contributed by atoms with Crippen LogP contribution in [-0.2, 0) is 4.79 Å². The Labute approximate surface area is 117 Å². The van der Waals surface area contributed by atoms with E-state index in [1.807, 2.05) is 0 Å². The van der Waals surface area contributed by atoms with Gasteiger partial charge in [-0.2, -0.15) is 0 Å². The smallest absolute Gasteiger partial charge is 0.326 e. The summed E-state index contributed by atoms with van der Waals surface area (Å²) >= 11 is 0. The molecule has 0 aliphatic carbocycles. The molecule has 1 aromatic carbocycles. The van der Waals surface area contributed by atoms with Crippen LogP contribution >= 0.6 is 0 Å². The predicted molar refractivity (Wildman–Crippen MR) is 68.9 cm³/mol. The van der Waals surface area contributed by atoms with Crippen LogP contribution in [0.5, 0.6) is 0 Å². The van der Waals surface area contributed by atoms with Crippen LogP contribution in [0.15, 0.2) is 18.2 Å². The van der Waals surface area contributed by atoms with E-state index in [1.54, 1.807) is 0 Å². The van der Waals surface area contributed by atoms with Crippen molar-refractivity contribution < 1.29 is 24.5 Å². The second kappa shape index (κ2) is 5.94. The maximum absolute atomic E-state index is 12.1. The lowest BCUT2D eigenvalue weighted by molar-refractivity contribution is -0.394. The molecule has 1 N–H and O–H groups in total. The van der Waals surface area contributed by atoms with Crippen LogP contribution < -0.4 is 0 Å². The summed E-state index contributed by atoms with van der Waals surface area (Å²) in [5.41, 5.74) is -1.57. The maximum atomic E-state index is 12.1. The highest BCUT2D eigenvalue weighted by Gasteiger charge is 2.26. The SMILES string of the molecule is C[C@@H](C(=O)O)N(C)C(=O)c1cc([N+](=O)[O-])cc([N+](=O)[O-])c1. The number of carbonyl (C=O) groups is 2. The summed E-state index contributed by atoms with van der Waals surface area (Å²) in [6.07, 6.45) is 0. The molecule has 112 valence electrons. The Morgan fingerprint density at radius 1 is 1.14 bits per heavy atom. The van der Waals surface area contributed by atoms with Crippen molar-refractivity contribution in [1.29, 1.82) is 0 Å². The number of carbonyl (C=O) groups excluding carboxylic acids is 1. The van der Waals surface area contributed by atoms with Crippen molar-refractivity contribution in [3.8, 4) is 0 Å². The number of rotatable bonds is 5. The number of likely N-dealkylation sites (N-methyl/N-ethyl adjacent to an activating group) is 1. The Hall–Kier alpha value is -3.04. The van der Waals surface area contributed by atoms with Crippen LogP contribution in [0, 0.1) is 20.2 Å². The minimum absolute atomic E-state index is 0.327. The van der Waals surface area contributed by atoms with Crippen molar-refractivity contribution in [2.75, 3.05) is 7.05 Å². The van der Waals surface area contributed by atoms with Crippen molar-refractivity contribution in [3.05, 3.63) is 44.0 Å². The molecule has 0 spiro atoms. The quantitative estimate of drug-likeness (QED) is 0.631. The predicted octanol–water partition coefficient (Wildman–Crippen LogP) is 1.05. The molecule has 1 amide bonds. The van der Waals surface area contributed by atoms with Gasteiger partial charge in [-0.05, 0) is 6.92 Å². The molecule has 10 heteroatoms. The molecule has 0 fully saturated rings. The number of benzene rings is 1. The Balaban J connectivity index is 3.29. The largest absolute Gasteiger partial charge is 0.480 e. The van der Waals surface area contributed by atoms with Crippen LogP contribution in [0.3, 0.4) is 0 Å². The number of carboxylic acids is 1. The molecule has 0 aliphatic rings. The van der Waals surface area contributed by atoms with E-state index in [4.69, 9.17) is 5.11 Å². The lowest BCUT2D eigenvalue weighted by atomic mass is 10.1. The van der Waals surface area contributed by atoms with Crippen LogP contribution in [0.1, 0.15) is 17.3 Å². The Morgan fingerprint density at radius 3 is 1.90 bits per heavy atom. The van der Waals surface area contributed by atoms with Gasteiger partial charge in [-0.3, -0.25) is 25.0 Å². The molecule has 0 heterocycles. The Bertz CT molecular complexity index is 596. The van der Waals surface area contributed by atoms with Crippen molar-refractivity contribution in [2.24, 2.45) is 0 Å². The van der Waals surface area contributed by atoms with Gasteiger partial charge >= 0.3 is 5.97 Å². The monoisotopic (exact) mass is 297 g/mol. The molecule has 0 aliphatic heterocycles. The lowest BCUT2D eigenvalue weighted by Gasteiger charge is -2.21. The third-order valence-electron chi connectivity index (χ3n) is 2.83. The van der Waals surface area contributed by atoms with E-state index < -0.39 is 39.1 Å². The zero-order chi connectivity index (χ0) is 16.3. The Kier molecular flexibility index (Phi) is 4.53. The van der Waals surface area contributed by atoms with Crippen molar-refractivity contribution in [3.63, 3.8) is 0 Å². The zero-order valence-corrected chi connectivity index (χ0v) is 11.0. The molecular weight excluding hydrogens is 286 g/mol. The van der Waals surface area contributed by atoms with Crippen LogP contribution in [0.4, 0.5) is 11.4 Å². The number of carboxylic acid groups (broad SMARTS) is 1. The fourth-order valence-electron chi connectivity index (χ4n) is 1.47. The second-order valence-electron chi connectivity index (χ2n) is 4.18. The average molecular weight is 297 g/mol. The highest BCUT2D eigenvalue weighted by Crippen LogP contribution is 2.23. The molecule has 0 saturated heterocycles. The molecule has 1 rings (SSSR count). The molecular formula is C11H11N3O7. The number of hydrogen-bond donors (Lipinski definition) is 1. The number of amides is 1. The first-order valence-electron chi connectivity index (χ1n) is 5.59. The van der Waals surface area contributed by atoms with E-state index in [1.165, 1.54) is 14.0 Å². The third kappa shape index (κ3) is 3.49. The van der Waals surface area contributed by atoms with Gasteiger partial charge in [0.1, 0.15) is 6.04 Å². The fourth-order valence-corrected chi connectivity index (χ4v) is 1.47. The first-order valence-corrected chi connectivity index (χ1v) is 5.59. The number of aliphatic carboxylic acids is 1. The molecule has 10 nitrogen and oxygen atoms in total.